The van der Waals surface area contributed by atoms with Gasteiger partial charge in [0.2, 0.25) is 5.91 Å². The van der Waals surface area contributed by atoms with Crippen molar-refractivity contribution < 1.29 is 17.6 Å². The molecule has 0 bridgehead atoms. The molecule has 0 aliphatic rings. The first-order valence-electron chi connectivity index (χ1n) is 7.11. The number of amides is 1. The molecule has 0 unspecified atom stereocenters. The smallest absolute Gasteiger partial charge is 0.264 e. The van der Waals surface area contributed by atoms with Crippen LogP contribution in [0, 0.1) is 12.7 Å². The van der Waals surface area contributed by atoms with Crippen LogP contribution in [0.5, 0.6) is 0 Å². The SMILES string of the molecule is CCC(=O)Nc1ccc(C)c(NS(=O)(=O)c2ccc(Cl)cc2F)c1. The van der Waals surface area contributed by atoms with Crippen LogP contribution in [-0.2, 0) is 14.8 Å². The van der Waals surface area contributed by atoms with E-state index in [0.717, 1.165) is 12.1 Å². The zero-order chi connectivity index (χ0) is 17.9. The Hall–Kier alpha value is -2.12. The summed E-state index contributed by atoms with van der Waals surface area (Å²) in [5.41, 5.74) is 1.32. The molecule has 2 aromatic rings. The van der Waals surface area contributed by atoms with E-state index in [2.05, 4.69) is 10.0 Å². The molecule has 0 heterocycles. The number of nitrogens with one attached hydrogen (secondary N) is 2. The highest BCUT2D eigenvalue weighted by Gasteiger charge is 2.20. The molecule has 2 rings (SSSR count). The number of hydrogen-bond donors (Lipinski definition) is 2. The molecule has 0 radical (unpaired) electrons. The maximum Gasteiger partial charge on any atom is 0.264 e. The van der Waals surface area contributed by atoms with E-state index in [1.54, 1.807) is 26.0 Å². The molecule has 0 fully saturated rings. The van der Waals surface area contributed by atoms with Gasteiger partial charge in [0.15, 0.2) is 0 Å². The minimum atomic E-state index is -4.13. The number of rotatable bonds is 5. The van der Waals surface area contributed by atoms with Crippen LogP contribution in [0.1, 0.15) is 18.9 Å². The summed E-state index contributed by atoms with van der Waals surface area (Å²) in [5, 5.41) is 2.74. The predicted octanol–water partition coefficient (Wildman–Crippen LogP) is 3.94. The van der Waals surface area contributed by atoms with E-state index in [9.17, 15) is 17.6 Å². The Morgan fingerprint density at radius 2 is 1.92 bits per heavy atom. The van der Waals surface area contributed by atoms with Gasteiger partial charge in [-0.05, 0) is 42.8 Å². The fourth-order valence-electron chi connectivity index (χ4n) is 1.95. The first-order chi connectivity index (χ1) is 11.2. The third kappa shape index (κ3) is 4.24. The van der Waals surface area contributed by atoms with Crippen molar-refractivity contribution in [3.05, 3.63) is 52.8 Å². The number of carbonyl (C=O) groups excluding carboxylic acids is 1. The van der Waals surface area contributed by atoms with Gasteiger partial charge in [0.25, 0.3) is 10.0 Å². The van der Waals surface area contributed by atoms with Crippen LogP contribution in [0.25, 0.3) is 0 Å². The molecule has 2 aromatic carbocycles. The fourth-order valence-corrected chi connectivity index (χ4v) is 3.29. The summed E-state index contributed by atoms with van der Waals surface area (Å²) in [5.74, 6) is -1.14. The second-order valence-electron chi connectivity index (χ2n) is 5.11. The molecule has 128 valence electrons. The van der Waals surface area contributed by atoms with Gasteiger partial charge in [-0.2, -0.15) is 0 Å². The van der Waals surface area contributed by atoms with Crippen molar-refractivity contribution in [1.29, 1.82) is 0 Å². The van der Waals surface area contributed by atoms with Gasteiger partial charge in [-0.25, -0.2) is 12.8 Å². The number of carbonyl (C=O) groups is 1. The van der Waals surface area contributed by atoms with Gasteiger partial charge in [-0.15, -0.1) is 0 Å². The maximum absolute atomic E-state index is 13.9. The summed E-state index contributed by atoms with van der Waals surface area (Å²) in [6.45, 7) is 3.40. The molecule has 1 amide bonds. The number of sulfonamides is 1. The molecule has 0 aliphatic heterocycles. The first-order valence-corrected chi connectivity index (χ1v) is 8.97. The van der Waals surface area contributed by atoms with Crippen molar-refractivity contribution in [3.8, 4) is 0 Å². The molecule has 24 heavy (non-hydrogen) atoms. The van der Waals surface area contributed by atoms with Gasteiger partial charge in [-0.1, -0.05) is 24.6 Å². The molecule has 0 saturated carbocycles. The highest BCUT2D eigenvalue weighted by atomic mass is 35.5. The first kappa shape index (κ1) is 18.2. The highest BCUT2D eigenvalue weighted by molar-refractivity contribution is 7.92. The van der Waals surface area contributed by atoms with Gasteiger partial charge in [-0.3, -0.25) is 9.52 Å². The second-order valence-corrected chi connectivity index (χ2v) is 7.20. The average Bonchev–Trinajstić information content (AvgIpc) is 2.49. The van der Waals surface area contributed by atoms with Crippen molar-refractivity contribution >= 4 is 38.9 Å². The largest absolute Gasteiger partial charge is 0.326 e. The second kappa shape index (κ2) is 7.19. The molecule has 0 spiro atoms. The van der Waals surface area contributed by atoms with Crippen molar-refractivity contribution in [2.75, 3.05) is 10.0 Å². The normalized spacial score (nSPS) is 11.2. The molecule has 0 saturated heterocycles. The number of hydrogen-bond acceptors (Lipinski definition) is 3. The van der Waals surface area contributed by atoms with E-state index in [4.69, 9.17) is 11.6 Å². The Morgan fingerprint density at radius 1 is 1.21 bits per heavy atom. The molecule has 5 nitrogen and oxygen atoms in total. The monoisotopic (exact) mass is 370 g/mol. The molecule has 8 heteroatoms. The lowest BCUT2D eigenvalue weighted by atomic mass is 10.2. The van der Waals surface area contributed by atoms with Crippen LogP contribution >= 0.6 is 11.6 Å². The molecular weight excluding hydrogens is 355 g/mol. The van der Waals surface area contributed by atoms with Crippen LogP contribution in [0.2, 0.25) is 5.02 Å². The molecule has 0 aliphatic carbocycles. The van der Waals surface area contributed by atoms with E-state index in [1.807, 2.05) is 0 Å². The Balaban J connectivity index is 2.35. The lowest BCUT2D eigenvalue weighted by Gasteiger charge is -2.13. The number of halogens is 2. The van der Waals surface area contributed by atoms with Gasteiger partial charge in [0.05, 0.1) is 5.69 Å². The Labute approximate surface area is 144 Å². The highest BCUT2D eigenvalue weighted by Crippen LogP contribution is 2.25. The van der Waals surface area contributed by atoms with Gasteiger partial charge >= 0.3 is 0 Å². The van der Waals surface area contributed by atoms with Crippen LogP contribution in [0.15, 0.2) is 41.3 Å². The lowest BCUT2D eigenvalue weighted by Crippen LogP contribution is -2.16. The Morgan fingerprint density at radius 3 is 2.54 bits per heavy atom. The third-order valence-electron chi connectivity index (χ3n) is 3.27. The fraction of sp³-hybridized carbons (Fsp3) is 0.188. The number of benzene rings is 2. The summed E-state index contributed by atoms with van der Waals surface area (Å²) in [4.78, 5) is 10.9. The van der Waals surface area contributed by atoms with Crippen LogP contribution < -0.4 is 10.0 Å². The van der Waals surface area contributed by atoms with Crippen molar-refractivity contribution in [3.63, 3.8) is 0 Å². The summed E-state index contributed by atoms with van der Waals surface area (Å²) < 4.78 is 41.0. The van der Waals surface area contributed by atoms with Gasteiger partial charge < -0.3 is 5.32 Å². The molecule has 0 atom stereocenters. The standard InChI is InChI=1S/C16H16ClFN2O3S/c1-3-16(21)19-12-6-4-10(2)14(9-12)20-24(22,23)15-7-5-11(17)8-13(15)18/h4-9,20H,3H2,1-2H3,(H,19,21). The van der Waals surface area contributed by atoms with Crippen LogP contribution in [0.4, 0.5) is 15.8 Å². The summed E-state index contributed by atoms with van der Waals surface area (Å²) in [6.07, 6.45) is 0.297. The number of anilines is 2. The topological polar surface area (TPSA) is 75.3 Å². The minimum absolute atomic E-state index is 0.104. The Bertz CT molecular complexity index is 885. The van der Waals surface area contributed by atoms with E-state index in [1.165, 1.54) is 12.1 Å². The van der Waals surface area contributed by atoms with E-state index >= 15 is 0 Å². The van der Waals surface area contributed by atoms with Crippen molar-refractivity contribution in [2.45, 2.75) is 25.2 Å². The predicted molar refractivity (Wildman–Crippen MR) is 92.3 cm³/mol. The summed E-state index contributed by atoms with van der Waals surface area (Å²) in [6, 6.07) is 8.11. The molecule has 0 aromatic heterocycles. The summed E-state index contributed by atoms with van der Waals surface area (Å²) in [7, 11) is -4.13. The Kier molecular flexibility index (Phi) is 5.46. The van der Waals surface area contributed by atoms with Crippen molar-refractivity contribution in [2.24, 2.45) is 0 Å². The minimum Gasteiger partial charge on any atom is -0.326 e. The van der Waals surface area contributed by atoms with Crippen LogP contribution in [-0.4, -0.2) is 14.3 Å². The lowest BCUT2D eigenvalue weighted by molar-refractivity contribution is -0.115. The van der Waals surface area contributed by atoms with Crippen LogP contribution in [0.3, 0.4) is 0 Å². The quantitative estimate of drug-likeness (QED) is 0.837. The van der Waals surface area contributed by atoms with Gasteiger partial charge in [0, 0.05) is 17.1 Å². The average molecular weight is 371 g/mol. The summed E-state index contributed by atoms with van der Waals surface area (Å²) >= 11 is 5.64. The van der Waals surface area contributed by atoms with Gasteiger partial charge in [0.1, 0.15) is 10.7 Å². The van der Waals surface area contributed by atoms with E-state index in [-0.39, 0.29) is 16.6 Å². The van der Waals surface area contributed by atoms with E-state index < -0.39 is 20.7 Å². The third-order valence-corrected chi connectivity index (χ3v) is 4.90. The zero-order valence-electron chi connectivity index (χ0n) is 13.1. The number of aryl methyl sites for hydroxylation is 1. The van der Waals surface area contributed by atoms with E-state index in [0.29, 0.717) is 17.7 Å². The maximum atomic E-state index is 13.9. The zero-order valence-corrected chi connectivity index (χ0v) is 14.6. The van der Waals surface area contributed by atoms with Crippen molar-refractivity contribution in [1.82, 2.24) is 0 Å². The molecular formula is C16H16ClFN2O3S. The molecule has 2 N–H and O–H groups in total.